The Kier molecular flexibility index (Phi) is 4.83. The smallest absolute Gasteiger partial charge is 0.245 e. The Labute approximate surface area is 139 Å². The van der Waals surface area contributed by atoms with Gasteiger partial charge >= 0.3 is 0 Å². The summed E-state index contributed by atoms with van der Waals surface area (Å²) in [6.45, 7) is 11.5. The topological polar surface area (TPSA) is 49.4 Å². The van der Waals surface area contributed by atoms with Crippen LogP contribution in [0.4, 0.5) is 0 Å². The Morgan fingerprint density at radius 1 is 1.22 bits per heavy atom. The summed E-state index contributed by atoms with van der Waals surface area (Å²) in [6, 6.07) is 8.20. The van der Waals surface area contributed by atoms with Crippen molar-refractivity contribution in [2.24, 2.45) is 0 Å². The van der Waals surface area contributed by atoms with Crippen molar-refractivity contribution in [3.05, 3.63) is 35.4 Å². The molecule has 2 rings (SSSR count). The Balaban J connectivity index is 2.03. The van der Waals surface area contributed by atoms with E-state index in [1.54, 1.807) is 4.90 Å². The zero-order valence-electron chi connectivity index (χ0n) is 14.9. The minimum Gasteiger partial charge on any atom is -0.354 e. The van der Waals surface area contributed by atoms with Gasteiger partial charge in [0, 0.05) is 13.1 Å². The van der Waals surface area contributed by atoms with Crippen molar-refractivity contribution in [1.82, 2.24) is 10.2 Å². The van der Waals surface area contributed by atoms with Crippen molar-refractivity contribution in [3.63, 3.8) is 0 Å². The van der Waals surface area contributed by atoms with Crippen molar-refractivity contribution in [1.29, 1.82) is 0 Å². The third-order valence-electron chi connectivity index (χ3n) is 4.72. The Hall–Kier alpha value is -1.84. The van der Waals surface area contributed by atoms with Gasteiger partial charge in [0.25, 0.3) is 0 Å². The third kappa shape index (κ3) is 3.57. The fourth-order valence-electron chi connectivity index (χ4n) is 2.94. The minimum absolute atomic E-state index is 0.0218. The number of benzene rings is 1. The van der Waals surface area contributed by atoms with Crippen LogP contribution in [-0.2, 0) is 21.4 Å². The average molecular weight is 316 g/mol. The number of carbonyl (C=O) groups is 2. The number of likely N-dealkylation sites (N-methyl/N-ethyl adjacent to an activating group) is 1. The number of nitrogens with zero attached hydrogens (tertiary/aromatic N) is 1. The molecule has 0 saturated carbocycles. The van der Waals surface area contributed by atoms with E-state index in [1.807, 2.05) is 26.0 Å². The molecule has 0 aliphatic carbocycles. The molecule has 1 fully saturated rings. The maximum Gasteiger partial charge on any atom is 0.245 e. The highest BCUT2D eigenvalue weighted by Crippen LogP contribution is 2.31. The van der Waals surface area contributed by atoms with Crippen LogP contribution in [0.1, 0.15) is 52.2 Å². The molecule has 23 heavy (non-hydrogen) atoms. The summed E-state index contributed by atoms with van der Waals surface area (Å²) in [5.74, 6) is -0.0313. The lowest BCUT2D eigenvalue weighted by atomic mass is 9.84. The van der Waals surface area contributed by atoms with E-state index in [0.29, 0.717) is 19.5 Å². The number of rotatable bonds is 4. The van der Waals surface area contributed by atoms with E-state index in [9.17, 15) is 9.59 Å². The van der Waals surface area contributed by atoms with Gasteiger partial charge in [-0.1, -0.05) is 45.0 Å². The van der Waals surface area contributed by atoms with E-state index in [4.69, 9.17) is 0 Å². The van der Waals surface area contributed by atoms with E-state index in [2.05, 4.69) is 38.2 Å². The normalized spacial score (nSPS) is 20.8. The standard InChI is InChI=1S/C19H28N2O2/c1-6-20-17(23)19(5)11-12-21(19)16(22)13-14-7-9-15(10-8-14)18(2,3)4/h7-10H,6,11-13H2,1-5H3,(H,20,23). The molecule has 1 atom stereocenters. The lowest BCUT2D eigenvalue weighted by Gasteiger charge is -2.49. The van der Waals surface area contributed by atoms with E-state index in [-0.39, 0.29) is 17.2 Å². The first-order chi connectivity index (χ1) is 10.7. The molecule has 1 aliphatic rings. The third-order valence-corrected chi connectivity index (χ3v) is 4.72. The van der Waals surface area contributed by atoms with Crippen molar-refractivity contribution < 1.29 is 9.59 Å². The summed E-state index contributed by atoms with van der Waals surface area (Å²) in [5, 5.41) is 2.83. The second-order valence-corrected chi connectivity index (χ2v) is 7.55. The van der Waals surface area contributed by atoms with Crippen LogP contribution in [0, 0.1) is 0 Å². The van der Waals surface area contributed by atoms with Crippen molar-refractivity contribution >= 4 is 11.8 Å². The molecule has 1 N–H and O–H groups in total. The van der Waals surface area contributed by atoms with Crippen molar-refractivity contribution in [2.45, 2.75) is 58.4 Å². The molecule has 1 unspecified atom stereocenters. The van der Waals surface area contributed by atoms with Crippen LogP contribution in [0.2, 0.25) is 0 Å². The van der Waals surface area contributed by atoms with Crippen LogP contribution in [0.15, 0.2) is 24.3 Å². The lowest BCUT2D eigenvalue weighted by Crippen LogP contribution is -2.67. The van der Waals surface area contributed by atoms with Gasteiger partial charge in [-0.3, -0.25) is 9.59 Å². The second-order valence-electron chi connectivity index (χ2n) is 7.55. The summed E-state index contributed by atoms with van der Waals surface area (Å²) in [5.41, 5.74) is 1.67. The Morgan fingerprint density at radius 3 is 2.26 bits per heavy atom. The quantitative estimate of drug-likeness (QED) is 0.928. The van der Waals surface area contributed by atoms with Crippen molar-refractivity contribution in [2.75, 3.05) is 13.1 Å². The summed E-state index contributed by atoms with van der Waals surface area (Å²) < 4.78 is 0. The SMILES string of the molecule is CCNC(=O)C1(C)CCN1C(=O)Cc1ccc(C(C)(C)C)cc1. The summed E-state index contributed by atoms with van der Waals surface area (Å²) >= 11 is 0. The zero-order chi connectivity index (χ0) is 17.3. The summed E-state index contributed by atoms with van der Waals surface area (Å²) in [4.78, 5) is 26.4. The van der Waals surface area contributed by atoms with Gasteiger partial charge in [-0.25, -0.2) is 0 Å². The fraction of sp³-hybridized carbons (Fsp3) is 0.579. The van der Waals surface area contributed by atoms with Gasteiger partial charge in [0.15, 0.2) is 0 Å². The van der Waals surface area contributed by atoms with Gasteiger partial charge < -0.3 is 10.2 Å². The van der Waals surface area contributed by atoms with E-state index >= 15 is 0 Å². The maximum atomic E-state index is 12.5. The zero-order valence-corrected chi connectivity index (χ0v) is 14.9. The van der Waals surface area contributed by atoms with Gasteiger partial charge in [0.2, 0.25) is 11.8 Å². The van der Waals surface area contributed by atoms with Crippen LogP contribution in [0.5, 0.6) is 0 Å². The van der Waals surface area contributed by atoms with Gasteiger partial charge in [-0.2, -0.15) is 0 Å². The first-order valence-corrected chi connectivity index (χ1v) is 8.36. The van der Waals surface area contributed by atoms with Crippen LogP contribution in [0.3, 0.4) is 0 Å². The largest absolute Gasteiger partial charge is 0.354 e. The van der Waals surface area contributed by atoms with Crippen LogP contribution in [-0.4, -0.2) is 35.3 Å². The molecule has 1 saturated heterocycles. The minimum atomic E-state index is -0.682. The van der Waals surface area contributed by atoms with Crippen LogP contribution in [0.25, 0.3) is 0 Å². The van der Waals surface area contributed by atoms with E-state index in [1.165, 1.54) is 5.56 Å². The number of amides is 2. The first-order valence-electron chi connectivity index (χ1n) is 8.36. The fourth-order valence-corrected chi connectivity index (χ4v) is 2.94. The molecule has 4 heteroatoms. The monoisotopic (exact) mass is 316 g/mol. The number of carbonyl (C=O) groups excluding carboxylic acids is 2. The van der Waals surface area contributed by atoms with E-state index < -0.39 is 5.54 Å². The summed E-state index contributed by atoms with van der Waals surface area (Å²) in [6.07, 6.45) is 1.08. The molecule has 1 heterocycles. The number of hydrogen-bond acceptors (Lipinski definition) is 2. The van der Waals surface area contributed by atoms with Crippen molar-refractivity contribution in [3.8, 4) is 0 Å². The van der Waals surface area contributed by atoms with Crippen LogP contribution < -0.4 is 5.32 Å². The predicted molar refractivity (Wildman–Crippen MR) is 92.3 cm³/mol. The molecule has 1 aliphatic heterocycles. The highest BCUT2D eigenvalue weighted by molar-refractivity contribution is 5.93. The highest BCUT2D eigenvalue weighted by atomic mass is 16.2. The molecule has 0 spiro atoms. The molecule has 2 amide bonds. The first kappa shape index (κ1) is 17.5. The molecule has 0 radical (unpaired) electrons. The molecular weight excluding hydrogens is 288 g/mol. The Bertz CT molecular complexity index is 586. The molecule has 126 valence electrons. The number of hydrogen-bond donors (Lipinski definition) is 1. The van der Waals surface area contributed by atoms with Gasteiger partial charge in [0.05, 0.1) is 6.42 Å². The maximum absolute atomic E-state index is 12.5. The van der Waals surface area contributed by atoms with E-state index in [0.717, 1.165) is 12.0 Å². The molecular formula is C19H28N2O2. The van der Waals surface area contributed by atoms with Crippen LogP contribution >= 0.6 is 0 Å². The highest BCUT2D eigenvalue weighted by Gasteiger charge is 2.48. The second kappa shape index (κ2) is 6.34. The lowest BCUT2D eigenvalue weighted by molar-refractivity contribution is -0.157. The molecule has 0 aromatic heterocycles. The Morgan fingerprint density at radius 2 is 1.83 bits per heavy atom. The molecule has 4 nitrogen and oxygen atoms in total. The van der Waals surface area contributed by atoms with Gasteiger partial charge in [0.1, 0.15) is 5.54 Å². The molecule has 0 bridgehead atoms. The molecule has 1 aromatic carbocycles. The van der Waals surface area contributed by atoms with Gasteiger partial charge in [-0.15, -0.1) is 0 Å². The number of likely N-dealkylation sites (tertiary alicyclic amines) is 1. The summed E-state index contributed by atoms with van der Waals surface area (Å²) in [7, 11) is 0. The van der Waals surface area contributed by atoms with Gasteiger partial charge in [-0.05, 0) is 36.8 Å². The average Bonchev–Trinajstić information content (AvgIpc) is 2.45. The predicted octanol–water partition coefficient (Wildman–Crippen LogP) is 2.65. The number of nitrogens with one attached hydrogen (secondary N) is 1. The molecule has 1 aromatic rings.